The molecule has 0 bridgehead atoms. The maximum atomic E-state index is 14.3. The molecule has 50 heavy (non-hydrogen) atoms. The molecule has 276 valence electrons. The molecule has 0 saturated heterocycles. The number of aromatic nitrogens is 2. The van der Waals surface area contributed by atoms with Gasteiger partial charge in [0.25, 0.3) is 16.7 Å². The third-order valence-electron chi connectivity index (χ3n) is 9.30. The van der Waals surface area contributed by atoms with E-state index in [9.17, 15) is 19.5 Å². The first kappa shape index (κ1) is 39.2. The minimum atomic E-state index is -0.452. The highest BCUT2D eigenvalue weighted by atomic mass is 16.5. The van der Waals surface area contributed by atoms with E-state index < -0.39 is 16.7 Å². The molecule has 12 heteroatoms. The zero-order chi connectivity index (χ0) is 35.9. The smallest absolute Gasteiger partial charge is 0.263 e. The molecule has 0 radical (unpaired) electrons. The minimum absolute atomic E-state index is 0.113. The van der Waals surface area contributed by atoms with E-state index in [0.29, 0.717) is 53.3 Å². The summed E-state index contributed by atoms with van der Waals surface area (Å²) < 4.78 is 13.5. The van der Waals surface area contributed by atoms with E-state index >= 15 is 0 Å². The van der Waals surface area contributed by atoms with Crippen molar-refractivity contribution in [3.05, 3.63) is 48.6 Å². The van der Waals surface area contributed by atoms with E-state index in [2.05, 4.69) is 19.2 Å². The van der Waals surface area contributed by atoms with Gasteiger partial charge in [0.05, 0.1) is 67.9 Å². The molecule has 12 nitrogen and oxygen atoms in total. The monoisotopic (exact) mass is 696 g/mol. The van der Waals surface area contributed by atoms with E-state index in [-0.39, 0.29) is 74.9 Å². The number of aromatic hydroxyl groups is 1. The number of pyridine rings is 2. The summed E-state index contributed by atoms with van der Waals surface area (Å²) in [5.74, 6) is -0.217. The normalized spacial score (nSPS) is 12.4. The van der Waals surface area contributed by atoms with Gasteiger partial charge >= 0.3 is 0 Å². The van der Waals surface area contributed by atoms with Crippen molar-refractivity contribution in [2.24, 2.45) is 4.99 Å². The fraction of sp³-hybridized carbons (Fsp3) is 0.632. The third kappa shape index (κ3) is 9.39. The summed E-state index contributed by atoms with van der Waals surface area (Å²) in [5, 5.41) is 34.8. The Balaban J connectivity index is 1.94. The average molecular weight is 697 g/mol. The second-order valence-corrected chi connectivity index (χ2v) is 13.0. The van der Waals surface area contributed by atoms with Crippen LogP contribution in [-0.4, -0.2) is 77.2 Å². The number of hydrogen-bond donors (Lipinski definition) is 4. The molecule has 4 rings (SSSR count). The minimum Gasteiger partial charge on any atom is -0.494 e. The van der Waals surface area contributed by atoms with Crippen molar-refractivity contribution in [1.29, 1.82) is 0 Å². The van der Waals surface area contributed by atoms with Gasteiger partial charge in [-0.25, -0.2) is 0 Å². The molecule has 0 atom stereocenters. The number of nitrogens with zero attached hydrogens (tertiary/aromatic N) is 3. The summed E-state index contributed by atoms with van der Waals surface area (Å²) in [5.41, 5.74) is -0.308. The molecule has 0 unspecified atom stereocenters. The largest absolute Gasteiger partial charge is 0.494 e. The molecular formula is C38H56N4O8. The van der Waals surface area contributed by atoms with Gasteiger partial charge in [0.1, 0.15) is 0 Å². The van der Waals surface area contributed by atoms with Crippen LogP contribution in [0.3, 0.4) is 0 Å². The Bertz CT molecular complexity index is 1840. The lowest BCUT2D eigenvalue weighted by Gasteiger charge is -2.22. The molecule has 1 aromatic heterocycles. The fourth-order valence-corrected chi connectivity index (χ4v) is 6.75. The standard InChI is InChI=1S/C38H56N4O8/c1-3-5-7-9-11-13-17-41-35(45)27-25-30(40-16-22-50-24-20-44)34-32-28(36(46)42(38(34)48)18-14-12-10-8-6-4-2)26-29(33(31(27)32)37(41)47)39-15-21-49-23-19-43/h25-26,39,43-44,46H,3-24H2,1-2H3. The van der Waals surface area contributed by atoms with Crippen molar-refractivity contribution in [3.63, 3.8) is 0 Å². The van der Waals surface area contributed by atoms with Crippen molar-refractivity contribution in [3.8, 4) is 17.0 Å². The Morgan fingerprint density at radius 1 is 0.680 bits per heavy atom. The van der Waals surface area contributed by atoms with Crippen molar-refractivity contribution in [2.45, 2.75) is 104 Å². The molecule has 2 aromatic rings. The third-order valence-corrected chi connectivity index (χ3v) is 9.30. The van der Waals surface area contributed by atoms with Gasteiger partial charge in [-0.3, -0.25) is 28.5 Å². The molecule has 0 saturated carbocycles. The first-order valence-corrected chi connectivity index (χ1v) is 18.6. The van der Waals surface area contributed by atoms with Crippen molar-refractivity contribution >= 4 is 27.2 Å². The van der Waals surface area contributed by atoms with Gasteiger partial charge in [0, 0.05) is 41.7 Å². The molecule has 2 heterocycles. The number of unbranched alkanes of at least 4 members (excludes halogenated alkanes) is 10. The van der Waals surface area contributed by atoms with Crippen molar-refractivity contribution < 1.29 is 24.8 Å². The van der Waals surface area contributed by atoms with Crippen molar-refractivity contribution in [2.75, 3.05) is 58.0 Å². The Morgan fingerprint density at radius 2 is 1.26 bits per heavy atom. The molecule has 0 spiro atoms. The molecule has 2 aliphatic rings. The molecule has 1 aliphatic carbocycles. The maximum absolute atomic E-state index is 14.3. The van der Waals surface area contributed by atoms with E-state index in [0.717, 1.165) is 64.2 Å². The Kier molecular flexibility index (Phi) is 15.9. The highest BCUT2D eigenvalue weighted by molar-refractivity contribution is 6.18. The summed E-state index contributed by atoms with van der Waals surface area (Å²) >= 11 is 0. The van der Waals surface area contributed by atoms with Crippen LogP contribution < -0.4 is 27.4 Å². The predicted octanol–water partition coefficient (Wildman–Crippen LogP) is 4.41. The number of benzene rings is 2. The number of nitrogens with one attached hydrogen (secondary N) is 1. The lowest BCUT2D eigenvalue weighted by molar-refractivity contribution is 0.0975. The van der Waals surface area contributed by atoms with Crippen LogP contribution in [-0.2, 0) is 22.6 Å². The highest BCUT2D eigenvalue weighted by Crippen LogP contribution is 2.40. The highest BCUT2D eigenvalue weighted by Gasteiger charge is 2.29. The van der Waals surface area contributed by atoms with Crippen LogP contribution in [0.5, 0.6) is 5.88 Å². The fourth-order valence-electron chi connectivity index (χ4n) is 6.75. The molecule has 4 N–H and O–H groups in total. The number of aliphatic hydroxyl groups excluding tert-OH is 2. The van der Waals surface area contributed by atoms with Gasteiger partial charge in [-0.1, -0.05) is 78.1 Å². The van der Waals surface area contributed by atoms with E-state index in [4.69, 9.17) is 24.7 Å². The number of rotatable bonds is 25. The average Bonchev–Trinajstić information content (AvgIpc) is 3.11. The van der Waals surface area contributed by atoms with Crippen LogP contribution >= 0.6 is 0 Å². The van der Waals surface area contributed by atoms with Gasteiger partial charge in [0.2, 0.25) is 5.88 Å². The molecule has 0 amide bonds. The lowest BCUT2D eigenvalue weighted by Crippen LogP contribution is -2.37. The van der Waals surface area contributed by atoms with Gasteiger partial charge in [0.15, 0.2) is 0 Å². The molecule has 0 fully saturated rings. The second-order valence-electron chi connectivity index (χ2n) is 13.0. The maximum Gasteiger partial charge on any atom is 0.263 e. The van der Waals surface area contributed by atoms with Crippen molar-refractivity contribution in [1.82, 2.24) is 9.13 Å². The predicted molar refractivity (Wildman–Crippen MR) is 198 cm³/mol. The summed E-state index contributed by atoms with van der Waals surface area (Å²) in [6.07, 6.45) is 12.0. The first-order valence-electron chi connectivity index (χ1n) is 18.6. The van der Waals surface area contributed by atoms with Gasteiger partial charge in [-0.2, -0.15) is 0 Å². The lowest BCUT2D eigenvalue weighted by atomic mass is 9.89. The topological polar surface area (TPSA) is 165 Å². The first-order chi connectivity index (χ1) is 24.4. The van der Waals surface area contributed by atoms with E-state index in [1.807, 2.05) is 0 Å². The van der Waals surface area contributed by atoms with Crippen LogP contribution in [0, 0.1) is 0 Å². The zero-order valence-electron chi connectivity index (χ0n) is 29.9. The molecule has 1 aliphatic heterocycles. The van der Waals surface area contributed by atoms with E-state index in [1.165, 1.54) is 9.13 Å². The number of ether oxygens (including phenoxy) is 2. The Labute approximate surface area is 293 Å². The van der Waals surface area contributed by atoms with Gasteiger partial charge < -0.3 is 30.1 Å². The van der Waals surface area contributed by atoms with Crippen LogP contribution in [0.2, 0.25) is 0 Å². The summed E-state index contributed by atoms with van der Waals surface area (Å²) in [6.45, 7) is 5.93. The van der Waals surface area contributed by atoms with Crippen LogP contribution in [0.1, 0.15) is 90.9 Å². The SMILES string of the molecule is CCCCCCCCn1c(O)c2cc(NCCOCCO)c3c4c2c(c(=NCCOCCO)cc-4c(=O)n(CCCCCCCC)c3=O)c1=O. The van der Waals surface area contributed by atoms with Crippen LogP contribution in [0.25, 0.3) is 32.7 Å². The summed E-state index contributed by atoms with van der Waals surface area (Å²) in [4.78, 5) is 47.4. The molecule has 1 aromatic carbocycles. The quantitative estimate of drug-likeness (QED) is 0.0580. The van der Waals surface area contributed by atoms with E-state index in [1.54, 1.807) is 12.1 Å². The summed E-state index contributed by atoms with van der Waals surface area (Å²) in [7, 11) is 0. The van der Waals surface area contributed by atoms with Crippen LogP contribution in [0.4, 0.5) is 5.69 Å². The number of anilines is 1. The molecular weight excluding hydrogens is 640 g/mol. The Hall–Kier alpha value is -3.58. The summed E-state index contributed by atoms with van der Waals surface area (Å²) in [6, 6.07) is 3.30. The Morgan fingerprint density at radius 3 is 1.90 bits per heavy atom. The number of hydrogen-bond acceptors (Lipinski definition) is 10. The number of aliphatic hydroxyl groups is 2. The second kappa shape index (κ2) is 20.3. The zero-order valence-corrected chi connectivity index (χ0v) is 29.9. The van der Waals surface area contributed by atoms with Crippen LogP contribution in [0.15, 0.2) is 31.5 Å². The van der Waals surface area contributed by atoms with Gasteiger partial charge in [-0.15, -0.1) is 0 Å². The van der Waals surface area contributed by atoms with Gasteiger partial charge in [-0.05, 0) is 25.0 Å².